The van der Waals surface area contributed by atoms with Crippen molar-refractivity contribution in [1.29, 1.82) is 0 Å². The fraction of sp³-hybridized carbons (Fsp3) is 0.333. The molecule has 0 bridgehead atoms. The van der Waals surface area contributed by atoms with Crippen molar-refractivity contribution in [3.63, 3.8) is 0 Å². The van der Waals surface area contributed by atoms with Gasteiger partial charge in [-0.3, -0.25) is 0 Å². The second-order valence-electron chi connectivity index (χ2n) is 6.21. The van der Waals surface area contributed by atoms with E-state index >= 15 is 0 Å². The van der Waals surface area contributed by atoms with Gasteiger partial charge in [0.15, 0.2) is 0 Å². The molecular formula is C21H24O6. The molecule has 0 radical (unpaired) electrons. The van der Waals surface area contributed by atoms with Crippen molar-refractivity contribution in [1.82, 2.24) is 0 Å². The molecule has 27 heavy (non-hydrogen) atoms. The Kier molecular flexibility index (Phi) is 7.52. The zero-order valence-corrected chi connectivity index (χ0v) is 15.3. The molecule has 6 nitrogen and oxygen atoms in total. The van der Waals surface area contributed by atoms with Gasteiger partial charge >= 0.3 is 11.9 Å². The number of hydrogen-bond donors (Lipinski definition) is 2. The third-order valence-corrected chi connectivity index (χ3v) is 4.27. The molecule has 0 heterocycles. The van der Waals surface area contributed by atoms with Gasteiger partial charge in [0.1, 0.15) is 6.10 Å². The molecule has 0 spiro atoms. The maximum atomic E-state index is 12.4. The first-order valence-corrected chi connectivity index (χ1v) is 8.82. The van der Waals surface area contributed by atoms with Crippen molar-refractivity contribution in [2.75, 3.05) is 0 Å². The molecule has 0 saturated heterocycles. The van der Waals surface area contributed by atoms with E-state index in [1.54, 1.807) is 67.6 Å². The highest BCUT2D eigenvalue weighted by molar-refractivity contribution is 5.91. The van der Waals surface area contributed by atoms with Crippen LogP contribution in [0, 0.1) is 5.92 Å². The Morgan fingerprint density at radius 2 is 1.26 bits per heavy atom. The lowest BCUT2D eigenvalue weighted by Gasteiger charge is -2.30. The van der Waals surface area contributed by atoms with Gasteiger partial charge in [-0.25, -0.2) is 9.59 Å². The Morgan fingerprint density at radius 1 is 0.852 bits per heavy atom. The number of esters is 2. The quantitative estimate of drug-likeness (QED) is 0.547. The predicted molar refractivity (Wildman–Crippen MR) is 99.0 cm³/mol. The van der Waals surface area contributed by atoms with Crippen LogP contribution < -0.4 is 0 Å². The molecule has 0 aliphatic heterocycles. The van der Waals surface area contributed by atoms with Crippen LogP contribution >= 0.6 is 0 Å². The molecule has 6 heteroatoms. The smallest absolute Gasteiger partial charge is 0.341 e. The van der Waals surface area contributed by atoms with Gasteiger partial charge in [-0.05, 0) is 37.6 Å². The van der Waals surface area contributed by atoms with E-state index in [4.69, 9.17) is 9.47 Å². The van der Waals surface area contributed by atoms with Gasteiger partial charge in [-0.15, -0.1) is 0 Å². The summed E-state index contributed by atoms with van der Waals surface area (Å²) in [6, 6.07) is 16.4. The van der Waals surface area contributed by atoms with Gasteiger partial charge in [-0.2, -0.15) is 0 Å². The number of aliphatic hydroxyl groups is 2. The number of carbonyl (C=O) groups excluding carboxylic acids is 2. The minimum Gasteiger partial charge on any atom is -0.419 e. The SMILES string of the molecule is CCC(C(C)O)C(O)C(OC(=O)c1ccccc1)OC(=O)c1ccccc1. The Morgan fingerprint density at radius 3 is 1.59 bits per heavy atom. The Balaban J connectivity index is 2.22. The number of rotatable bonds is 8. The lowest BCUT2D eigenvalue weighted by molar-refractivity contribution is -0.162. The lowest BCUT2D eigenvalue weighted by Crippen LogP contribution is -2.43. The molecule has 0 fully saturated rings. The van der Waals surface area contributed by atoms with Crippen molar-refractivity contribution >= 4 is 11.9 Å². The number of aliphatic hydroxyl groups excluding tert-OH is 2. The Hall–Kier alpha value is -2.70. The molecule has 0 amide bonds. The van der Waals surface area contributed by atoms with Crippen molar-refractivity contribution in [2.45, 2.75) is 38.8 Å². The van der Waals surface area contributed by atoms with Crippen LogP contribution in [-0.4, -0.2) is 40.6 Å². The maximum absolute atomic E-state index is 12.4. The van der Waals surface area contributed by atoms with Crippen LogP contribution in [0.3, 0.4) is 0 Å². The molecule has 0 aliphatic rings. The number of carbonyl (C=O) groups is 2. The van der Waals surface area contributed by atoms with Gasteiger partial charge in [0.05, 0.1) is 17.2 Å². The Bertz CT molecular complexity index is 675. The summed E-state index contributed by atoms with van der Waals surface area (Å²) in [5.74, 6) is -2.11. The summed E-state index contributed by atoms with van der Waals surface area (Å²) in [5, 5.41) is 20.5. The average molecular weight is 372 g/mol. The predicted octanol–water partition coefficient (Wildman–Crippen LogP) is 2.79. The number of benzene rings is 2. The van der Waals surface area contributed by atoms with Crippen molar-refractivity contribution in [3.8, 4) is 0 Å². The minimum atomic E-state index is -1.55. The van der Waals surface area contributed by atoms with Crippen LogP contribution in [0.25, 0.3) is 0 Å². The third kappa shape index (κ3) is 5.64. The molecular weight excluding hydrogens is 348 g/mol. The monoisotopic (exact) mass is 372 g/mol. The fourth-order valence-electron chi connectivity index (χ4n) is 2.73. The van der Waals surface area contributed by atoms with Crippen LogP contribution in [0.15, 0.2) is 60.7 Å². The van der Waals surface area contributed by atoms with Crippen LogP contribution in [-0.2, 0) is 9.47 Å². The molecule has 0 aliphatic carbocycles. The third-order valence-electron chi connectivity index (χ3n) is 4.27. The summed E-state index contributed by atoms with van der Waals surface area (Å²) in [6.45, 7) is 3.29. The second kappa shape index (κ2) is 9.85. The largest absolute Gasteiger partial charge is 0.419 e. The van der Waals surface area contributed by atoms with Gasteiger partial charge in [0.25, 0.3) is 6.29 Å². The van der Waals surface area contributed by atoms with E-state index in [-0.39, 0.29) is 11.1 Å². The average Bonchev–Trinajstić information content (AvgIpc) is 2.68. The molecule has 3 unspecified atom stereocenters. The standard InChI is InChI=1S/C21H24O6/c1-3-17(14(2)22)18(23)21(26-19(24)15-10-6-4-7-11-15)27-20(25)16-12-8-5-9-13-16/h4-14,17-18,21-23H,3H2,1-2H3. The van der Waals surface area contributed by atoms with E-state index in [2.05, 4.69) is 0 Å². The minimum absolute atomic E-state index is 0.260. The molecule has 0 aromatic heterocycles. The summed E-state index contributed by atoms with van der Waals surface area (Å²) in [4.78, 5) is 24.7. The molecule has 144 valence electrons. The van der Waals surface area contributed by atoms with Crippen molar-refractivity contribution in [2.24, 2.45) is 5.92 Å². The van der Waals surface area contributed by atoms with Crippen LogP contribution in [0.5, 0.6) is 0 Å². The molecule has 2 aromatic carbocycles. The molecule has 3 atom stereocenters. The van der Waals surface area contributed by atoms with Gasteiger partial charge in [0.2, 0.25) is 0 Å². The van der Waals surface area contributed by atoms with E-state index in [0.29, 0.717) is 6.42 Å². The first-order valence-electron chi connectivity index (χ1n) is 8.82. The zero-order valence-electron chi connectivity index (χ0n) is 15.3. The highest BCUT2D eigenvalue weighted by atomic mass is 16.7. The highest BCUT2D eigenvalue weighted by Crippen LogP contribution is 2.21. The van der Waals surface area contributed by atoms with Gasteiger partial charge < -0.3 is 19.7 Å². The zero-order chi connectivity index (χ0) is 19.8. The van der Waals surface area contributed by atoms with Crippen molar-refractivity contribution < 1.29 is 29.3 Å². The van der Waals surface area contributed by atoms with Gasteiger partial charge in [0, 0.05) is 5.92 Å². The summed E-state index contributed by atoms with van der Waals surface area (Å²) in [7, 11) is 0. The lowest BCUT2D eigenvalue weighted by atomic mass is 9.93. The topological polar surface area (TPSA) is 93.1 Å². The summed E-state index contributed by atoms with van der Waals surface area (Å²) >= 11 is 0. The second-order valence-corrected chi connectivity index (χ2v) is 6.21. The van der Waals surface area contributed by atoms with E-state index in [9.17, 15) is 19.8 Å². The van der Waals surface area contributed by atoms with Crippen LogP contribution in [0.2, 0.25) is 0 Å². The fourth-order valence-corrected chi connectivity index (χ4v) is 2.73. The first-order chi connectivity index (χ1) is 12.9. The number of hydrogen-bond acceptors (Lipinski definition) is 6. The van der Waals surface area contributed by atoms with E-state index in [0.717, 1.165) is 0 Å². The molecule has 2 aromatic rings. The molecule has 0 saturated carbocycles. The van der Waals surface area contributed by atoms with Crippen LogP contribution in [0.4, 0.5) is 0 Å². The van der Waals surface area contributed by atoms with E-state index in [1.807, 2.05) is 0 Å². The van der Waals surface area contributed by atoms with E-state index < -0.39 is 36.4 Å². The summed E-state index contributed by atoms with van der Waals surface area (Å²) in [6.07, 6.45) is -3.40. The van der Waals surface area contributed by atoms with Crippen molar-refractivity contribution in [3.05, 3.63) is 71.8 Å². The summed E-state index contributed by atoms with van der Waals surface area (Å²) < 4.78 is 10.6. The van der Waals surface area contributed by atoms with Gasteiger partial charge in [-0.1, -0.05) is 43.3 Å². The number of ether oxygens (including phenoxy) is 2. The highest BCUT2D eigenvalue weighted by Gasteiger charge is 2.35. The normalized spacial score (nSPS) is 14.3. The molecule has 2 N–H and O–H groups in total. The summed E-state index contributed by atoms with van der Waals surface area (Å²) in [5.41, 5.74) is 0.520. The van der Waals surface area contributed by atoms with Crippen LogP contribution in [0.1, 0.15) is 41.0 Å². The maximum Gasteiger partial charge on any atom is 0.341 e. The molecule has 2 rings (SSSR count). The van der Waals surface area contributed by atoms with E-state index in [1.165, 1.54) is 6.92 Å². The first kappa shape index (κ1) is 20.6. The Labute approximate surface area is 158 Å².